The Kier molecular flexibility index (Phi) is 7.67. The highest BCUT2D eigenvalue weighted by Gasteiger charge is 2.16. The van der Waals surface area contributed by atoms with Gasteiger partial charge in [-0.15, -0.1) is 30.4 Å². The van der Waals surface area contributed by atoms with Crippen LogP contribution in [0, 0.1) is 12.3 Å². The smallest absolute Gasteiger partial charge is 0.192 e. The summed E-state index contributed by atoms with van der Waals surface area (Å²) >= 11 is 3.49. The predicted molar refractivity (Wildman–Crippen MR) is 97.6 cm³/mol. The van der Waals surface area contributed by atoms with Crippen LogP contribution in [-0.4, -0.2) is 32.8 Å². The van der Waals surface area contributed by atoms with Gasteiger partial charge in [-0.1, -0.05) is 5.92 Å². The highest BCUT2D eigenvalue weighted by Crippen LogP contribution is 2.38. The van der Waals surface area contributed by atoms with E-state index in [1.165, 1.54) is 0 Å². The number of halogens is 2. The lowest BCUT2D eigenvalue weighted by Crippen LogP contribution is -2.36. The van der Waals surface area contributed by atoms with Gasteiger partial charge in [-0.2, -0.15) is 0 Å². The minimum atomic E-state index is 0. The van der Waals surface area contributed by atoms with E-state index in [4.69, 9.17) is 15.9 Å². The standard InChI is InChI=1S/C14H16BrN3O2.HI/c1-3-4-17-14(16-2)18-9-10-7-11(15)13-12(8-10)19-5-6-20-13;/h1,7-8H,4-6,9H2,2H3,(H2,16,17,18);1H. The number of guanidine groups is 1. The molecule has 0 atom stereocenters. The Bertz CT molecular complexity index is 558. The average molecular weight is 466 g/mol. The molecule has 114 valence electrons. The van der Waals surface area contributed by atoms with E-state index in [1.54, 1.807) is 7.05 Å². The highest BCUT2D eigenvalue weighted by molar-refractivity contribution is 14.0. The van der Waals surface area contributed by atoms with Crippen molar-refractivity contribution in [3.05, 3.63) is 22.2 Å². The van der Waals surface area contributed by atoms with Crippen LogP contribution in [0.3, 0.4) is 0 Å². The number of nitrogens with one attached hydrogen (secondary N) is 2. The zero-order chi connectivity index (χ0) is 14.4. The van der Waals surface area contributed by atoms with Crippen LogP contribution in [0.25, 0.3) is 0 Å². The van der Waals surface area contributed by atoms with Crippen molar-refractivity contribution in [2.24, 2.45) is 4.99 Å². The van der Waals surface area contributed by atoms with Gasteiger partial charge in [0, 0.05) is 13.6 Å². The van der Waals surface area contributed by atoms with Crippen LogP contribution >= 0.6 is 39.9 Å². The van der Waals surface area contributed by atoms with Gasteiger partial charge in [0.2, 0.25) is 0 Å². The molecule has 0 saturated carbocycles. The largest absolute Gasteiger partial charge is 0.486 e. The number of hydrogen-bond donors (Lipinski definition) is 2. The molecule has 7 heteroatoms. The molecule has 1 aromatic rings. The maximum atomic E-state index is 5.59. The lowest BCUT2D eigenvalue weighted by Gasteiger charge is -2.20. The van der Waals surface area contributed by atoms with Gasteiger partial charge in [-0.25, -0.2) is 0 Å². The SMILES string of the molecule is C#CCNC(=NC)NCc1cc(Br)c2c(c1)OCCO2.I. The second-order valence-electron chi connectivity index (χ2n) is 4.09. The van der Waals surface area contributed by atoms with Crippen molar-refractivity contribution in [1.82, 2.24) is 10.6 Å². The summed E-state index contributed by atoms with van der Waals surface area (Å²) < 4.78 is 12.0. The first-order valence-electron chi connectivity index (χ1n) is 6.20. The molecule has 0 saturated heterocycles. The fraction of sp³-hybridized carbons (Fsp3) is 0.357. The number of fused-ring (bicyclic) bond motifs is 1. The number of rotatable bonds is 3. The summed E-state index contributed by atoms with van der Waals surface area (Å²) in [6.07, 6.45) is 5.20. The maximum absolute atomic E-state index is 5.59. The molecule has 0 aromatic heterocycles. The third-order valence-corrected chi connectivity index (χ3v) is 3.29. The molecule has 0 bridgehead atoms. The van der Waals surface area contributed by atoms with E-state index in [0.717, 1.165) is 21.5 Å². The highest BCUT2D eigenvalue weighted by atomic mass is 127. The van der Waals surface area contributed by atoms with E-state index in [1.807, 2.05) is 12.1 Å². The molecule has 0 radical (unpaired) electrons. The lowest BCUT2D eigenvalue weighted by molar-refractivity contribution is 0.170. The Morgan fingerprint density at radius 3 is 2.86 bits per heavy atom. The summed E-state index contributed by atoms with van der Waals surface area (Å²) in [7, 11) is 1.70. The van der Waals surface area contributed by atoms with Crippen LogP contribution < -0.4 is 20.1 Å². The van der Waals surface area contributed by atoms with Gasteiger partial charge in [-0.05, 0) is 33.6 Å². The van der Waals surface area contributed by atoms with Crippen LogP contribution in [0.15, 0.2) is 21.6 Å². The lowest BCUT2D eigenvalue weighted by atomic mass is 10.2. The van der Waals surface area contributed by atoms with Crippen LogP contribution in [0.4, 0.5) is 0 Å². The molecule has 0 fully saturated rings. The molecule has 2 N–H and O–H groups in total. The molecule has 1 aliphatic rings. The van der Waals surface area contributed by atoms with Crippen LogP contribution in [0.2, 0.25) is 0 Å². The summed E-state index contributed by atoms with van der Waals surface area (Å²) in [5, 5.41) is 6.18. The molecular formula is C14H17BrIN3O2. The number of aliphatic imine (C=N–C) groups is 1. The van der Waals surface area contributed by atoms with E-state index in [0.29, 0.717) is 32.3 Å². The van der Waals surface area contributed by atoms with Crippen LogP contribution in [-0.2, 0) is 6.54 Å². The van der Waals surface area contributed by atoms with Crippen molar-refractivity contribution < 1.29 is 9.47 Å². The van der Waals surface area contributed by atoms with E-state index >= 15 is 0 Å². The third-order valence-electron chi connectivity index (χ3n) is 2.70. The van der Waals surface area contributed by atoms with Gasteiger partial charge in [0.25, 0.3) is 0 Å². The number of ether oxygens (including phenoxy) is 2. The summed E-state index contributed by atoms with van der Waals surface area (Å²) in [6.45, 7) is 2.19. The van der Waals surface area contributed by atoms with Crippen LogP contribution in [0.1, 0.15) is 5.56 Å². The summed E-state index contributed by atoms with van der Waals surface area (Å²) in [5.41, 5.74) is 1.06. The molecule has 0 aliphatic carbocycles. The normalized spacial score (nSPS) is 12.9. The van der Waals surface area contributed by atoms with Crippen molar-refractivity contribution >= 4 is 45.9 Å². The Morgan fingerprint density at radius 2 is 2.14 bits per heavy atom. The zero-order valence-corrected chi connectivity index (χ0v) is 15.5. The van der Waals surface area contributed by atoms with Gasteiger partial charge in [-0.3, -0.25) is 4.99 Å². The quantitative estimate of drug-likeness (QED) is 0.311. The van der Waals surface area contributed by atoms with E-state index < -0.39 is 0 Å². The zero-order valence-electron chi connectivity index (χ0n) is 11.6. The first kappa shape index (κ1) is 17.9. The van der Waals surface area contributed by atoms with Gasteiger partial charge < -0.3 is 20.1 Å². The van der Waals surface area contributed by atoms with Gasteiger partial charge in [0.05, 0.1) is 11.0 Å². The maximum Gasteiger partial charge on any atom is 0.192 e. The molecule has 1 aromatic carbocycles. The minimum absolute atomic E-state index is 0. The van der Waals surface area contributed by atoms with E-state index in [-0.39, 0.29) is 24.0 Å². The van der Waals surface area contributed by atoms with Crippen molar-refractivity contribution in [2.45, 2.75) is 6.54 Å². The molecule has 0 spiro atoms. The Labute approximate surface area is 150 Å². The first-order valence-corrected chi connectivity index (χ1v) is 7.00. The summed E-state index contributed by atoms with van der Waals surface area (Å²) in [6, 6.07) is 3.95. The van der Waals surface area contributed by atoms with Gasteiger partial charge in [0.1, 0.15) is 13.2 Å². The molecule has 1 heterocycles. The molecule has 1 aliphatic heterocycles. The van der Waals surface area contributed by atoms with Crippen molar-refractivity contribution in [3.8, 4) is 23.8 Å². The number of benzene rings is 1. The number of nitrogens with zero attached hydrogens (tertiary/aromatic N) is 1. The van der Waals surface area contributed by atoms with Crippen LogP contribution in [0.5, 0.6) is 11.5 Å². The predicted octanol–water partition coefficient (Wildman–Crippen LogP) is 2.14. The van der Waals surface area contributed by atoms with E-state index in [9.17, 15) is 0 Å². The topological polar surface area (TPSA) is 54.9 Å². The fourth-order valence-corrected chi connectivity index (χ4v) is 2.41. The monoisotopic (exact) mass is 465 g/mol. The fourth-order valence-electron chi connectivity index (χ4n) is 1.81. The summed E-state index contributed by atoms with van der Waals surface area (Å²) in [5.74, 6) is 4.68. The van der Waals surface area contributed by atoms with Gasteiger partial charge >= 0.3 is 0 Å². The average Bonchev–Trinajstić information content (AvgIpc) is 2.47. The minimum Gasteiger partial charge on any atom is -0.486 e. The first-order chi connectivity index (χ1) is 9.74. The van der Waals surface area contributed by atoms with Crippen molar-refractivity contribution in [3.63, 3.8) is 0 Å². The third kappa shape index (κ3) is 4.97. The molecule has 0 unspecified atom stereocenters. The Balaban J connectivity index is 0.00000220. The molecule has 5 nitrogen and oxygen atoms in total. The molecule has 0 amide bonds. The number of hydrogen-bond acceptors (Lipinski definition) is 3. The van der Waals surface area contributed by atoms with E-state index in [2.05, 4.69) is 37.5 Å². The Morgan fingerprint density at radius 1 is 1.38 bits per heavy atom. The second kappa shape index (κ2) is 9.00. The Hall–Kier alpha value is -1.14. The molecule has 21 heavy (non-hydrogen) atoms. The van der Waals surface area contributed by atoms with Gasteiger partial charge in [0.15, 0.2) is 17.5 Å². The van der Waals surface area contributed by atoms with Crippen molar-refractivity contribution in [2.75, 3.05) is 26.8 Å². The van der Waals surface area contributed by atoms with Crippen molar-refractivity contribution in [1.29, 1.82) is 0 Å². The summed E-state index contributed by atoms with van der Waals surface area (Å²) in [4.78, 5) is 4.08. The molecular weight excluding hydrogens is 449 g/mol. The number of terminal acetylenes is 1. The molecule has 2 rings (SSSR count). The second-order valence-corrected chi connectivity index (χ2v) is 4.94.